The van der Waals surface area contributed by atoms with Gasteiger partial charge in [0.05, 0.1) is 5.92 Å². The SMILES string of the molecule is CCCc1cc(C(=O)N2CCCC(c3nc(-c4cccnc4)no3)C2)no1. The van der Waals surface area contributed by atoms with Crippen LogP contribution in [0.3, 0.4) is 0 Å². The maximum Gasteiger partial charge on any atom is 0.276 e. The number of hydrogen-bond donors (Lipinski definition) is 0. The monoisotopic (exact) mass is 367 g/mol. The number of hydrogen-bond acceptors (Lipinski definition) is 7. The molecule has 3 aromatic rings. The van der Waals surface area contributed by atoms with E-state index >= 15 is 0 Å². The van der Waals surface area contributed by atoms with Gasteiger partial charge in [-0.05, 0) is 31.4 Å². The summed E-state index contributed by atoms with van der Waals surface area (Å²) in [5, 5.41) is 7.98. The fourth-order valence-corrected chi connectivity index (χ4v) is 3.32. The lowest BCUT2D eigenvalue weighted by Crippen LogP contribution is -2.39. The molecule has 1 atom stereocenters. The van der Waals surface area contributed by atoms with Crippen molar-refractivity contribution in [2.75, 3.05) is 13.1 Å². The Balaban J connectivity index is 1.46. The first-order chi connectivity index (χ1) is 13.2. The summed E-state index contributed by atoms with van der Waals surface area (Å²) in [6.45, 7) is 3.28. The molecule has 1 fully saturated rings. The molecule has 0 aliphatic carbocycles. The van der Waals surface area contributed by atoms with Gasteiger partial charge in [0, 0.05) is 43.5 Å². The smallest absolute Gasteiger partial charge is 0.276 e. The van der Waals surface area contributed by atoms with E-state index in [0.29, 0.717) is 30.5 Å². The normalized spacial score (nSPS) is 17.2. The fourth-order valence-electron chi connectivity index (χ4n) is 3.32. The number of carbonyl (C=O) groups is 1. The second kappa shape index (κ2) is 7.69. The van der Waals surface area contributed by atoms with Gasteiger partial charge in [-0.1, -0.05) is 17.2 Å². The van der Waals surface area contributed by atoms with Gasteiger partial charge in [0.2, 0.25) is 11.7 Å². The van der Waals surface area contributed by atoms with Gasteiger partial charge in [-0.3, -0.25) is 9.78 Å². The summed E-state index contributed by atoms with van der Waals surface area (Å²) < 4.78 is 10.7. The zero-order valence-corrected chi connectivity index (χ0v) is 15.2. The van der Waals surface area contributed by atoms with Crippen LogP contribution in [0.25, 0.3) is 11.4 Å². The first-order valence-electron chi connectivity index (χ1n) is 9.23. The number of likely N-dealkylation sites (tertiary alicyclic amines) is 1. The van der Waals surface area contributed by atoms with Crippen LogP contribution in [0.4, 0.5) is 0 Å². The maximum atomic E-state index is 12.7. The van der Waals surface area contributed by atoms with Crippen molar-refractivity contribution >= 4 is 5.91 Å². The highest BCUT2D eigenvalue weighted by Gasteiger charge is 2.30. The number of aryl methyl sites for hydroxylation is 1. The third-order valence-corrected chi connectivity index (χ3v) is 4.69. The number of piperidine rings is 1. The molecule has 27 heavy (non-hydrogen) atoms. The number of nitrogens with zero attached hydrogens (tertiary/aromatic N) is 5. The predicted molar refractivity (Wildman–Crippen MR) is 95.9 cm³/mol. The number of rotatable bonds is 5. The highest BCUT2D eigenvalue weighted by atomic mass is 16.5. The number of aromatic nitrogens is 4. The van der Waals surface area contributed by atoms with E-state index in [1.165, 1.54) is 0 Å². The first-order valence-corrected chi connectivity index (χ1v) is 9.23. The van der Waals surface area contributed by atoms with Crippen LogP contribution in [0.2, 0.25) is 0 Å². The Hall–Kier alpha value is -3.03. The Bertz CT molecular complexity index is 905. The van der Waals surface area contributed by atoms with Gasteiger partial charge in [0.25, 0.3) is 5.91 Å². The molecule has 8 nitrogen and oxygen atoms in total. The molecule has 0 aromatic carbocycles. The molecule has 1 aliphatic heterocycles. The average molecular weight is 367 g/mol. The summed E-state index contributed by atoms with van der Waals surface area (Å²) in [6.07, 6.45) is 6.90. The van der Waals surface area contributed by atoms with Crippen molar-refractivity contribution in [1.82, 2.24) is 25.2 Å². The van der Waals surface area contributed by atoms with E-state index in [0.717, 1.165) is 37.0 Å². The summed E-state index contributed by atoms with van der Waals surface area (Å²) in [4.78, 5) is 23.1. The minimum Gasteiger partial charge on any atom is -0.361 e. The van der Waals surface area contributed by atoms with Crippen LogP contribution in [0.1, 0.15) is 54.2 Å². The second-order valence-electron chi connectivity index (χ2n) is 6.72. The Morgan fingerprint density at radius 1 is 1.33 bits per heavy atom. The third-order valence-electron chi connectivity index (χ3n) is 4.69. The molecular formula is C19H21N5O3. The summed E-state index contributed by atoms with van der Waals surface area (Å²) in [6, 6.07) is 5.45. The molecule has 8 heteroatoms. The van der Waals surface area contributed by atoms with Gasteiger partial charge >= 0.3 is 0 Å². The van der Waals surface area contributed by atoms with Crippen molar-refractivity contribution in [3.05, 3.63) is 47.9 Å². The quantitative estimate of drug-likeness (QED) is 0.683. The largest absolute Gasteiger partial charge is 0.361 e. The molecule has 3 aromatic heterocycles. The lowest BCUT2D eigenvalue weighted by Gasteiger charge is -2.30. The molecule has 1 amide bonds. The van der Waals surface area contributed by atoms with Crippen molar-refractivity contribution < 1.29 is 13.8 Å². The average Bonchev–Trinajstić information content (AvgIpc) is 3.39. The van der Waals surface area contributed by atoms with Crippen LogP contribution in [-0.4, -0.2) is 44.2 Å². The first kappa shape index (κ1) is 17.4. The highest BCUT2D eigenvalue weighted by molar-refractivity contribution is 5.92. The van der Waals surface area contributed by atoms with E-state index in [2.05, 4.69) is 27.2 Å². The molecule has 0 radical (unpaired) electrons. The molecule has 1 saturated heterocycles. The summed E-state index contributed by atoms with van der Waals surface area (Å²) in [5.74, 6) is 1.72. The highest BCUT2D eigenvalue weighted by Crippen LogP contribution is 2.28. The van der Waals surface area contributed by atoms with Gasteiger partial charge in [-0.15, -0.1) is 0 Å². The summed E-state index contributed by atoms with van der Waals surface area (Å²) >= 11 is 0. The number of carbonyl (C=O) groups excluding carboxylic acids is 1. The maximum absolute atomic E-state index is 12.7. The van der Waals surface area contributed by atoms with E-state index in [1.807, 2.05) is 12.1 Å². The van der Waals surface area contributed by atoms with E-state index in [4.69, 9.17) is 9.05 Å². The summed E-state index contributed by atoms with van der Waals surface area (Å²) in [5.41, 5.74) is 1.17. The van der Waals surface area contributed by atoms with Gasteiger partial charge in [0.15, 0.2) is 5.69 Å². The zero-order valence-electron chi connectivity index (χ0n) is 15.2. The van der Waals surface area contributed by atoms with Crippen molar-refractivity contribution in [2.24, 2.45) is 0 Å². The van der Waals surface area contributed by atoms with Crippen LogP contribution < -0.4 is 0 Å². The molecule has 0 saturated carbocycles. The Morgan fingerprint density at radius 3 is 3.07 bits per heavy atom. The van der Waals surface area contributed by atoms with E-state index in [9.17, 15) is 4.79 Å². The van der Waals surface area contributed by atoms with Gasteiger partial charge in [0.1, 0.15) is 5.76 Å². The molecule has 4 rings (SSSR count). The molecular weight excluding hydrogens is 346 g/mol. The van der Waals surface area contributed by atoms with E-state index < -0.39 is 0 Å². The molecule has 0 spiro atoms. The minimum absolute atomic E-state index is 0.0163. The van der Waals surface area contributed by atoms with Gasteiger partial charge in [-0.2, -0.15) is 4.98 Å². The van der Waals surface area contributed by atoms with Gasteiger partial charge in [-0.25, -0.2) is 0 Å². The molecule has 0 bridgehead atoms. The second-order valence-corrected chi connectivity index (χ2v) is 6.72. The molecule has 140 valence electrons. The van der Waals surface area contributed by atoms with Gasteiger partial charge < -0.3 is 13.9 Å². The minimum atomic E-state index is -0.113. The lowest BCUT2D eigenvalue weighted by atomic mass is 9.97. The van der Waals surface area contributed by atoms with Crippen molar-refractivity contribution in [2.45, 2.75) is 38.5 Å². The van der Waals surface area contributed by atoms with Crippen LogP contribution in [-0.2, 0) is 6.42 Å². The van der Waals surface area contributed by atoms with Crippen molar-refractivity contribution in [3.8, 4) is 11.4 Å². The molecule has 0 N–H and O–H groups in total. The molecule has 1 aliphatic rings. The van der Waals surface area contributed by atoms with Crippen LogP contribution in [0.15, 0.2) is 39.6 Å². The Morgan fingerprint density at radius 2 is 2.26 bits per heavy atom. The van der Waals surface area contributed by atoms with Crippen LogP contribution >= 0.6 is 0 Å². The topological polar surface area (TPSA) is 98.2 Å². The Labute approximate surface area is 156 Å². The fraction of sp³-hybridized carbons (Fsp3) is 0.421. The van der Waals surface area contributed by atoms with E-state index in [1.54, 1.807) is 23.4 Å². The third kappa shape index (κ3) is 3.74. The van der Waals surface area contributed by atoms with Crippen LogP contribution in [0, 0.1) is 0 Å². The molecule has 1 unspecified atom stereocenters. The predicted octanol–water partition coefficient (Wildman–Crippen LogP) is 3.09. The standard InChI is InChI=1S/C19H21N5O3/c1-2-5-15-10-16(22-26-15)19(25)24-9-4-7-14(12-24)18-21-17(23-27-18)13-6-3-8-20-11-13/h3,6,8,10-11,14H,2,4-5,7,9,12H2,1H3. The van der Waals surface area contributed by atoms with Crippen molar-refractivity contribution in [1.29, 1.82) is 0 Å². The number of pyridine rings is 1. The molecule has 4 heterocycles. The lowest BCUT2D eigenvalue weighted by molar-refractivity contribution is 0.0685. The van der Waals surface area contributed by atoms with Crippen LogP contribution in [0.5, 0.6) is 0 Å². The van der Waals surface area contributed by atoms with E-state index in [-0.39, 0.29) is 11.8 Å². The zero-order chi connectivity index (χ0) is 18.6. The Kier molecular flexibility index (Phi) is 4.95. The summed E-state index contributed by atoms with van der Waals surface area (Å²) in [7, 11) is 0. The van der Waals surface area contributed by atoms with Crippen molar-refractivity contribution in [3.63, 3.8) is 0 Å². The number of amides is 1.